The van der Waals surface area contributed by atoms with Gasteiger partial charge in [0.25, 0.3) is 5.91 Å². The molecule has 0 bridgehead atoms. The van der Waals surface area contributed by atoms with Crippen LogP contribution >= 0.6 is 0 Å². The Morgan fingerprint density at radius 2 is 1.72 bits per heavy atom. The predicted molar refractivity (Wildman–Crippen MR) is 109 cm³/mol. The van der Waals surface area contributed by atoms with E-state index in [-0.39, 0.29) is 11.8 Å². The smallest absolute Gasteiger partial charge is 0.274 e. The van der Waals surface area contributed by atoms with Crippen molar-refractivity contribution < 1.29 is 14.3 Å². The van der Waals surface area contributed by atoms with Crippen molar-refractivity contribution in [3.05, 3.63) is 17.0 Å². The molecule has 8 heteroatoms. The van der Waals surface area contributed by atoms with Crippen molar-refractivity contribution in [1.82, 2.24) is 24.9 Å². The largest absolute Gasteiger partial charge is 0.376 e. The van der Waals surface area contributed by atoms with Gasteiger partial charge in [-0.2, -0.15) is 5.10 Å². The number of nitrogens with zero attached hydrogens (tertiary/aromatic N) is 4. The minimum atomic E-state index is 0.0215. The first-order valence-corrected chi connectivity index (χ1v) is 11.2. The van der Waals surface area contributed by atoms with Crippen LogP contribution in [0.1, 0.15) is 60.3 Å². The Kier molecular flexibility index (Phi) is 6.82. The molecule has 0 unspecified atom stereocenters. The van der Waals surface area contributed by atoms with Gasteiger partial charge in [0.1, 0.15) is 0 Å². The van der Waals surface area contributed by atoms with Crippen LogP contribution in [0.4, 0.5) is 0 Å². The predicted octanol–water partition coefficient (Wildman–Crippen LogP) is 1.18. The fraction of sp³-hybridized carbons (Fsp3) is 0.762. The zero-order valence-corrected chi connectivity index (χ0v) is 17.3. The summed E-state index contributed by atoms with van der Waals surface area (Å²) < 4.78 is 7.51. The van der Waals surface area contributed by atoms with E-state index in [0.29, 0.717) is 38.5 Å². The van der Waals surface area contributed by atoms with Gasteiger partial charge in [-0.1, -0.05) is 12.8 Å². The first-order chi connectivity index (χ1) is 14.2. The summed E-state index contributed by atoms with van der Waals surface area (Å²) in [5.74, 6) is 0.0952. The molecule has 29 heavy (non-hydrogen) atoms. The summed E-state index contributed by atoms with van der Waals surface area (Å²) in [7, 11) is 0. The molecule has 0 saturated carbocycles. The molecule has 0 atom stereocenters. The van der Waals surface area contributed by atoms with E-state index in [0.717, 1.165) is 56.7 Å². The molecular weight excluding hydrogens is 370 g/mol. The Morgan fingerprint density at radius 3 is 2.48 bits per heavy atom. The average Bonchev–Trinajstić information content (AvgIpc) is 3.31. The second kappa shape index (κ2) is 9.71. The van der Waals surface area contributed by atoms with Gasteiger partial charge >= 0.3 is 0 Å². The van der Waals surface area contributed by atoms with Crippen molar-refractivity contribution in [3.8, 4) is 0 Å². The molecule has 0 spiro atoms. The van der Waals surface area contributed by atoms with Crippen molar-refractivity contribution in [1.29, 1.82) is 0 Å². The average molecular weight is 404 g/mol. The molecule has 0 aliphatic carbocycles. The molecule has 2 fully saturated rings. The summed E-state index contributed by atoms with van der Waals surface area (Å²) in [6.07, 6.45) is 7.79. The van der Waals surface area contributed by atoms with E-state index in [1.165, 1.54) is 25.7 Å². The van der Waals surface area contributed by atoms with E-state index in [4.69, 9.17) is 4.74 Å². The molecule has 8 nitrogen and oxygen atoms in total. The molecule has 2 amide bonds. The highest BCUT2D eigenvalue weighted by Crippen LogP contribution is 2.23. The fourth-order valence-electron chi connectivity index (χ4n) is 4.59. The van der Waals surface area contributed by atoms with Gasteiger partial charge in [0, 0.05) is 37.3 Å². The Bertz CT molecular complexity index is 718. The maximum Gasteiger partial charge on any atom is 0.274 e. The molecule has 0 aromatic carbocycles. The van der Waals surface area contributed by atoms with Crippen LogP contribution in [-0.2, 0) is 29.1 Å². The van der Waals surface area contributed by atoms with Crippen molar-refractivity contribution in [3.63, 3.8) is 0 Å². The van der Waals surface area contributed by atoms with Crippen molar-refractivity contribution >= 4 is 11.8 Å². The number of nitrogens with one attached hydrogen (secondary N) is 1. The van der Waals surface area contributed by atoms with Crippen LogP contribution in [0.25, 0.3) is 0 Å². The molecule has 4 heterocycles. The van der Waals surface area contributed by atoms with Gasteiger partial charge in [-0.05, 0) is 38.8 Å². The number of hydrogen-bond acceptors (Lipinski definition) is 5. The Labute approximate surface area is 172 Å². The van der Waals surface area contributed by atoms with E-state index in [2.05, 4.69) is 15.3 Å². The molecule has 2 saturated heterocycles. The lowest BCUT2D eigenvalue weighted by Crippen LogP contribution is -2.39. The molecular formula is C21H33N5O3. The molecule has 1 N–H and O–H groups in total. The number of likely N-dealkylation sites (tertiary alicyclic amines) is 2. The summed E-state index contributed by atoms with van der Waals surface area (Å²) in [5, 5.41) is 7.68. The third-order valence-electron chi connectivity index (χ3n) is 6.20. The van der Waals surface area contributed by atoms with E-state index in [1.54, 1.807) is 0 Å². The molecule has 1 aromatic rings. The van der Waals surface area contributed by atoms with Gasteiger partial charge in [-0.15, -0.1) is 0 Å². The van der Waals surface area contributed by atoms with Crippen LogP contribution < -0.4 is 5.32 Å². The Balaban J connectivity index is 1.34. The lowest BCUT2D eigenvalue weighted by atomic mass is 10.1. The number of ether oxygens (including phenoxy) is 1. The summed E-state index contributed by atoms with van der Waals surface area (Å²) in [5.41, 5.74) is 2.56. The number of rotatable bonds is 6. The lowest BCUT2D eigenvalue weighted by molar-refractivity contribution is -0.122. The minimum absolute atomic E-state index is 0.0215. The highest BCUT2D eigenvalue weighted by atomic mass is 16.5. The quantitative estimate of drug-likeness (QED) is 0.772. The van der Waals surface area contributed by atoms with E-state index in [1.807, 2.05) is 9.58 Å². The summed E-state index contributed by atoms with van der Waals surface area (Å²) in [6.45, 7) is 6.35. The van der Waals surface area contributed by atoms with Gasteiger partial charge in [0.2, 0.25) is 5.91 Å². The number of carbonyl (C=O) groups excluding carboxylic acids is 2. The number of carbonyl (C=O) groups is 2. The van der Waals surface area contributed by atoms with Crippen LogP contribution in [0, 0.1) is 0 Å². The molecule has 3 aliphatic rings. The molecule has 0 radical (unpaired) electrons. The first kappa shape index (κ1) is 20.3. The number of hydrogen-bond donors (Lipinski definition) is 1. The molecule has 4 rings (SSSR count). The molecule has 160 valence electrons. The summed E-state index contributed by atoms with van der Waals surface area (Å²) >= 11 is 0. The highest BCUT2D eigenvalue weighted by molar-refractivity contribution is 5.94. The minimum Gasteiger partial charge on any atom is -0.376 e. The monoisotopic (exact) mass is 403 g/mol. The highest BCUT2D eigenvalue weighted by Gasteiger charge is 2.29. The zero-order chi connectivity index (χ0) is 20.1. The van der Waals surface area contributed by atoms with Gasteiger partial charge in [0.15, 0.2) is 5.69 Å². The van der Waals surface area contributed by atoms with E-state index >= 15 is 0 Å². The second-order valence-electron chi connectivity index (χ2n) is 8.34. The third kappa shape index (κ3) is 4.98. The topological polar surface area (TPSA) is 79.7 Å². The van der Waals surface area contributed by atoms with Crippen molar-refractivity contribution in [2.45, 2.75) is 58.1 Å². The van der Waals surface area contributed by atoms with Gasteiger partial charge in [-0.3, -0.25) is 19.2 Å². The van der Waals surface area contributed by atoms with E-state index in [9.17, 15) is 9.59 Å². The van der Waals surface area contributed by atoms with Crippen LogP contribution in [0.15, 0.2) is 0 Å². The lowest BCUT2D eigenvalue weighted by Gasteiger charge is -2.19. The third-order valence-corrected chi connectivity index (χ3v) is 6.20. The van der Waals surface area contributed by atoms with Crippen molar-refractivity contribution in [2.75, 3.05) is 45.9 Å². The normalized spacial score (nSPS) is 20.3. The SMILES string of the molecule is O=C(CN1CCCCCC1)NCCn1nc(C(=O)N2CCCC2)c2c1CCOC2. The maximum atomic E-state index is 12.9. The Hall–Kier alpha value is -1.93. The maximum absolute atomic E-state index is 12.9. The van der Waals surface area contributed by atoms with Crippen LogP contribution in [0.2, 0.25) is 0 Å². The van der Waals surface area contributed by atoms with Crippen LogP contribution in [-0.4, -0.2) is 77.3 Å². The van der Waals surface area contributed by atoms with Gasteiger partial charge in [0.05, 0.1) is 26.3 Å². The number of fused-ring (bicyclic) bond motifs is 1. The number of aromatic nitrogens is 2. The number of amides is 2. The second-order valence-corrected chi connectivity index (χ2v) is 8.34. The standard InChI is InChI=1S/C21H33N5O3/c27-19(15-24-9-3-1-2-4-10-24)22-8-13-26-18-7-14-29-16-17(18)20(23-26)21(28)25-11-5-6-12-25/h1-16H2,(H,22,27). The van der Waals surface area contributed by atoms with Gasteiger partial charge < -0.3 is 15.0 Å². The fourth-order valence-corrected chi connectivity index (χ4v) is 4.59. The molecule has 1 aromatic heterocycles. The van der Waals surface area contributed by atoms with Crippen LogP contribution in [0.3, 0.4) is 0 Å². The van der Waals surface area contributed by atoms with Gasteiger partial charge in [-0.25, -0.2) is 0 Å². The molecule has 3 aliphatic heterocycles. The zero-order valence-electron chi connectivity index (χ0n) is 17.3. The van der Waals surface area contributed by atoms with E-state index < -0.39 is 0 Å². The Morgan fingerprint density at radius 1 is 1.00 bits per heavy atom. The first-order valence-electron chi connectivity index (χ1n) is 11.2. The summed E-state index contributed by atoms with van der Waals surface area (Å²) in [4.78, 5) is 29.4. The van der Waals surface area contributed by atoms with Crippen molar-refractivity contribution in [2.24, 2.45) is 0 Å². The van der Waals surface area contributed by atoms with Crippen LogP contribution in [0.5, 0.6) is 0 Å². The summed E-state index contributed by atoms with van der Waals surface area (Å²) in [6, 6.07) is 0.